The van der Waals surface area contributed by atoms with Gasteiger partial charge in [0.1, 0.15) is 17.9 Å². The van der Waals surface area contributed by atoms with Gasteiger partial charge in [-0.15, -0.1) is 10.2 Å². The topological polar surface area (TPSA) is 52.8 Å². The summed E-state index contributed by atoms with van der Waals surface area (Å²) in [5.41, 5.74) is 1.73. The Morgan fingerprint density at radius 1 is 1.04 bits per heavy atom. The molecule has 0 bridgehead atoms. The molecule has 2 aromatic heterocycles. The monoisotopic (exact) mass is 382 g/mol. The summed E-state index contributed by atoms with van der Waals surface area (Å²) in [5.74, 6) is 1.39. The number of thioether (sulfide) groups is 1. The van der Waals surface area contributed by atoms with Crippen LogP contribution in [0.25, 0.3) is 16.6 Å². The molecule has 0 saturated carbocycles. The number of ether oxygens (including phenoxy) is 1. The van der Waals surface area contributed by atoms with Crippen LogP contribution in [0.3, 0.4) is 0 Å². The fraction of sp³-hybridized carbons (Fsp3) is 0.105. The summed E-state index contributed by atoms with van der Waals surface area (Å²) in [6, 6.07) is 17.4. The first-order chi connectivity index (χ1) is 12.8. The number of pyridine rings is 1. The highest BCUT2D eigenvalue weighted by molar-refractivity contribution is 7.98. The molecule has 0 unspecified atom stereocenters. The van der Waals surface area contributed by atoms with Gasteiger partial charge in [-0.1, -0.05) is 41.6 Å². The van der Waals surface area contributed by atoms with Crippen molar-refractivity contribution < 1.29 is 4.74 Å². The maximum Gasteiger partial charge on any atom is 0.195 e. The number of hydrogen-bond acceptors (Lipinski definition) is 5. The number of hydrogen-bond donors (Lipinski definition) is 0. The Kier molecular flexibility index (Phi) is 4.77. The summed E-state index contributed by atoms with van der Waals surface area (Å²) in [7, 11) is 0. The third kappa shape index (κ3) is 3.13. The fourth-order valence-electron chi connectivity index (χ4n) is 2.73. The molecular weight excluding hydrogens is 368 g/mol. The van der Waals surface area contributed by atoms with Gasteiger partial charge in [0, 0.05) is 17.3 Å². The summed E-state index contributed by atoms with van der Waals surface area (Å²) in [4.78, 5) is 4.40. The Morgan fingerprint density at radius 2 is 1.88 bits per heavy atom. The molecule has 0 N–H and O–H groups in total. The average Bonchev–Trinajstić information content (AvgIpc) is 3.11. The molecule has 0 aliphatic rings. The lowest BCUT2D eigenvalue weighted by Gasteiger charge is -2.11. The molecule has 0 aliphatic heterocycles. The van der Waals surface area contributed by atoms with Gasteiger partial charge in [0.15, 0.2) is 11.0 Å². The standard InChI is InChI=1S/C19H15ClN4OS/c1-26-19-23-22-17(24(19)13-6-3-2-4-7-13)12-25-16-10-9-15(20)14-8-5-11-21-18(14)16/h2-11H,12H2,1H3. The molecule has 0 fully saturated rings. The maximum atomic E-state index is 6.25. The van der Waals surface area contributed by atoms with E-state index in [2.05, 4.69) is 15.2 Å². The van der Waals surface area contributed by atoms with Gasteiger partial charge in [-0.2, -0.15) is 0 Å². The van der Waals surface area contributed by atoms with Crippen molar-refractivity contribution in [1.82, 2.24) is 19.7 Å². The van der Waals surface area contributed by atoms with Crippen molar-refractivity contribution in [1.29, 1.82) is 0 Å². The minimum absolute atomic E-state index is 0.274. The lowest BCUT2D eigenvalue weighted by Crippen LogP contribution is -2.06. The normalized spacial score (nSPS) is 11.0. The quantitative estimate of drug-likeness (QED) is 0.465. The second-order valence-corrected chi connectivity index (χ2v) is 6.69. The zero-order valence-electron chi connectivity index (χ0n) is 14.0. The molecule has 26 heavy (non-hydrogen) atoms. The summed E-state index contributed by atoms with van der Waals surface area (Å²) < 4.78 is 8.02. The fourth-order valence-corrected chi connectivity index (χ4v) is 3.46. The van der Waals surface area contributed by atoms with E-state index in [1.165, 1.54) is 0 Å². The predicted molar refractivity (Wildman–Crippen MR) is 104 cm³/mol. The molecule has 2 heterocycles. The molecule has 5 nitrogen and oxygen atoms in total. The van der Waals surface area contributed by atoms with Crippen LogP contribution in [-0.4, -0.2) is 26.0 Å². The van der Waals surface area contributed by atoms with Crippen molar-refractivity contribution in [3.8, 4) is 11.4 Å². The van der Waals surface area contributed by atoms with Gasteiger partial charge < -0.3 is 4.74 Å². The van der Waals surface area contributed by atoms with E-state index in [1.807, 2.05) is 65.4 Å². The van der Waals surface area contributed by atoms with E-state index in [0.29, 0.717) is 10.8 Å². The smallest absolute Gasteiger partial charge is 0.195 e. The van der Waals surface area contributed by atoms with E-state index in [9.17, 15) is 0 Å². The van der Waals surface area contributed by atoms with E-state index in [4.69, 9.17) is 16.3 Å². The molecule has 0 spiro atoms. The molecule has 7 heteroatoms. The van der Waals surface area contributed by atoms with Crippen LogP contribution in [0, 0.1) is 0 Å². The van der Waals surface area contributed by atoms with Crippen LogP contribution in [0.4, 0.5) is 0 Å². The van der Waals surface area contributed by atoms with E-state index in [1.54, 1.807) is 18.0 Å². The predicted octanol–water partition coefficient (Wildman–Crippen LogP) is 4.77. The molecule has 0 radical (unpaired) electrons. The van der Waals surface area contributed by atoms with Crippen LogP contribution < -0.4 is 4.74 Å². The number of nitrogens with zero attached hydrogens (tertiary/aromatic N) is 4. The number of halogens is 1. The molecule has 0 aliphatic carbocycles. The lowest BCUT2D eigenvalue weighted by molar-refractivity contribution is 0.296. The van der Waals surface area contributed by atoms with Crippen LogP contribution >= 0.6 is 23.4 Å². The summed E-state index contributed by atoms with van der Waals surface area (Å²) in [5, 5.41) is 10.9. The van der Waals surface area contributed by atoms with Crippen LogP contribution in [0.15, 0.2) is 66.0 Å². The van der Waals surface area contributed by atoms with Crippen molar-refractivity contribution >= 4 is 34.3 Å². The number of benzene rings is 2. The molecule has 0 atom stereocenters. The van der Waals surface area contributed by atoms with Crippen LogP contribution in [0.2, 0.25) is 5.02 Å². The summed E-state index contributed by atoms with van der Waals surface area (Å²) in [6.07, 6.45) is 3.70. The number of para-hydroxylation sites is 1. The largest absolute Gasteiger partial charge is 0.483 e. The SMILES string of the molecule is CSc1nnc(COc2ccc(Cl)c3cccnc23)n1-c1ccccc1. The van der Waals surface area contributed by atoms with Crippen molar-refractivity contribution in [2.24, 2.45) is 0 Å². The average molecular weight is 383 g/mol. The first-order valence-electron chi connectivity index (χ1n) is 7.97. The second-order valence-electron chi connectivity index (χ2n) is 5.51. The summed E-state index contributed by atoms with van der Waals surface area (Å²) in [6.45, 7) is 0.274. The molecular formula is C19H15ClN4OS. The minimum Gasteiger partial charge on any atom is -0.483 e. The zero-order valence-corrected chi connectivity index (χ0v) is 15.5. The van der Waals surface area contributed by atoms with Gasteiger partial charge in [-0.25, -0.2) is 0 Å². The van der Waals surface area contributed by atoms with Gasteiger partial charge >= 0.3 is 0 Å². The molecule has 0 amide bonds. The van der Waals surface area contributed by atoms with Crippen molar-refractivity contribution in [3.05, 3.63) is 71.6 Å². The van der Waals surface area contributed by atoms with Gasteiger partial charge in [0.05, 0.1) is 5.02 Å². The highest BCUT2D eigenvalue weighted by Crippen LogP contribution is 2.30. The Balaban J connectivity index is 1.68. The van der Waals surface area contributed by atoms with E-state index >= 15 is 0 Å². The van der Waals surface area contributed by atoms with Crippen LogP contribution in [0.1, 0.15) is 5.82 Å². The Hall–Kier alpha value is -2.57. The lowest BCUT2D eigenvalue weighted by atomic mass is 10.2. The van der Waals surface area contributed by atoms with Gasteiger partial charge in [-0.05, 0) is 42.7 Å². The van der Waals surface area contributed by atoms with Crippen LogP contribution in [0.5, 0.6) is 5.75 Å². The molecule has 0 saturated heterocycles. The van der Waals surface area contributed by atoms with Gasteiger partial charge in [-0.3, -0.25) is 9.55 Å². The molecule has 2 aromatic carbocycles. The third-order valence-corrected chi connectivity index (χ3v) is 4.89. The molecule has 4 rings (SSSR count). The first kappa shape index (κ1) is 16.9. The minimum atomic E-state index is 0.274. The maximum absolute atomic E-state index is 6.25. The Labute approximate surface area is 160 Å². The number of fused-ring (bicyclic) bond motifs is 1. The second kappa shape index (κ2) is 7.35. The van der Waals surface area contributed by atoms with Crippen molar-refractivity contribution in [2.75, 3.05) is 6.26 Å². The Morgan fingerprint density at radius 3 is 2.69 bits per heavy atom. The van der Waals surface area contributed by atoms with E-state index < -0.39 is 0 Å². The number of aromatic nitrogens is 4. The summed E-state index contributed by atoms with van der Waals surface area (Å²) >= 11 is 7.79. The van der Waals surface area contributed by atoms with Crippen molar-refractivity contribution in [3.63, 3.8) is 0 Å². The molecule has 130 valence electrons. The highest BCUT2D eigenvalue weighted by atomic mass is 35.5. The van der Waals surface area contributed by atoms with E-state index in [-0.39, 0.29) is 6.61 Å². The van der Waals surface area contributed by atoms with Crippen molar-refractivity contribution in [2.45, 2.75) is 11.8 Å². The number of rotatable bonds is 5. The van der Waals surface area contributed by atoms with E-state index in [0.717, 1.165) is 27.6 Å². The van der Waals surface area contributed by atoms with Gasteiger partial charge in [0.2, 0.25) is 0 Å². The first-order valence-corrected chi connectivity index (χ1v) is 9.58. The highest BCUT2D eigenvalue weighted by Gasteiger charge is 2.15. The zero-order chi connectivity index (χ0) is 17.9. The molecule has 4 aromatic rings. The van der Waals surface area contributed by atoms with Crippen LogP contribution in [-0.2, 0) is 6.61 Å². The Bertz CT molecular complexity index is 1050. The van der Waals surface area contributed by atoms with Gasteiger partial charge in [0.25, 0.3) is 0 Å². The third-order valence-electron chi connectivity index (χ3n) is 3.93.